The Kier molecular flexibility index (Phi) is 4.97. The lowest BCUT2D eigenvalue weighted by molar-refractivity contribution is -0.121. The van der Waals surface area contributed by atoms with Crippen LogP contribution in [0.2, 0.25) is 0 Å². The molecule has 4 rings (SSSR count). The van der Waals surface area contributed by atoms with E-state index < -0.39 is 0 Å². The number of carbonyl (C=O) groups excluding carboxylic acids is 1. The number of fused-ring (bicyclic) bond motifs is 1. The second-order valence-corrected chi connectivity index (χ2v) is 6.40. The van der Waals surface area contributed by atoms with Gasteiger partial charge in [-0.2, -0.15) is 10.2 Å². The van der Waals surface area contributed by atoms with Crippen molar-refractivity contribution in [2.75, 3.05) is 6.54 Å². The zero-order valence-corrected chi connectivity index (χ0v) is 15.2. The van der Waals surface area contributed by atoms with E-state index in [4.69, 9.17) is 0 Å². The van der Waals surface area contributed by atoms with Gasteiger partial charge in [0, 0.05) is 24.3 Å². The number of carbonyl (C=O) groups is 1. The van der Waals surface area contributed by atoms with Gasteiger partial charge in [0.2, 0.25) is 11.3 Å². The zero-order chi connectivity index (χ0) is 19.3. The second kappa shape index (κ2) is 7.87. The Morgan fingerprint density at radius 2 is 1.82 bits per heavy atom. The first kappa shape index (κ1) is 17.7. The van der Waals surface area contributed by atoms with Gasteiger partial charge in [0.25, 0.3) is 0 Å². The summed E-state index contributed by atoms with van der Waals surface area (Å²) in [5.41, 5.74) is 2.63. The minimum absolute atomic E-state index is 0.0685. The van der Waals surface area contributed by atoms with Crippen LogP contribution in [0.25, 0.3) is 16.6 Å². The second-order valence-electron chi connectivity index (χ2n) is 6.40. The molecule has 0 radical (unpaired) electrons. The summed E-state index contributed by atoms with van der Waals surface area (Å²) >= 11 is 0. The summed E-state index contributed by atoms with van der Waals surface area (Å²) in [6.07, 6.45) is 5.61. The van der Waals surface area contributed by atoms with E-state index in [1.165, 1.54) is 6.20 Å². The third-order valence-corrected chi connectivity index (χ3v) is 4.50. The molecule has 0 fully saturated rings. The van der Waals surface area contributed by atoms with Gasteiger partial charge in [-0.05, 0) is 42.3 Å². The molecule has 2 heterocycles. The smallest absolute Gasteiger partial charge is 0.241 e. The van der Waals surface area contributed by atoms with Gasteiger partial charge in [-0.3, -0.25) is 14.3 Å². The number of benzene rings is 2. The highest BCUT2D eigenvalue weighted by Crippen LogP contribution is 2.09. The van der Waals surface area contributed by atoms with Crippen molar-refractivity contribution in [1.29, 1.82) is 0 Å². The Morgan fingerprint density at radius 3 is 2.61 bits per heavy atom. The van der Waals surface area contributed by atoms with Crippen LogP contribution in [0, 0.1) is 0 Å². The molecule has 4 aromatic rings. The van der Waals surface area contributed by atoms with Crippen LogP contribution in [0.5, 0.6) is 0 Å². The number of nitrogens with zero attached hydrogens (tertiary/aromatic N) is 4. The van der Waals surface area contributed by atoms with Crippen LogP contribution in [-0.2, 0) is 17.8 Å². The molecule has 1 amide bonds. The Balaban J connectivity index is 1.34. The highest BCUT2D eigenvalue weighted by molar-refractivity contribution is 5.81. The Labute approximate surface area is 161 Å². The zero-order valence-electron chi connectivity index (χ0n) is 15.2. The maximum atomic E-state index is 12.3. The van der Waals surface area contributed by atoms with Crippen LogP contribution in [-0.4, -0.2) is 32.0 Å². The van der Waals surface area contributed by atoms with Crippen molar-refractivity contribution in [3.63, 3.8) is 0 Å². The van der Waals surface area contributed by atoms with Crippen LogP contribution in [0.15, 0.2) is 78.0 Å². The topological polar surface area (TPSA) is 81.8 Å². The molecule has 0 aliphatic heterocycles. The maximum Gasteiger partial charge on any atom is 0.241 e. The third kappa shape index (κ3) is 3.83. The molecular weight excluding hydrogens is 354 g/mol. The Bertz CT molecular complexity index is 1150. The number of amides is 1. The monoisotopic (exact) mass is 373 g/mol. The first-order chi connectivity index (χ1) is 13.7. The molecule has 0 bridgehead atoms. The first-order valence-corrected chi connectivity index (χ1v) is 9.01. The van der Waals surface area contributed by atoms with Crippen LogP contribution in [0.1, 0.15) is 5.56 Å². The number of rotatable bonds is 6. The average molecular weight is 373 g/mol. The van der Waals surface area contributed by atoms with Crippen molar-refractivity contribution in [3.05, 3.63) is 89.0 Å². The largest absolute Gasteiger partial charge is 0.354 e. The van der Waals surface area contributed by atoms with Gasteiger partial charge in [-0.1, -0.05) is 24.3 Å². The SMILES string of the molecule is O=C(Cn1ncc(=O)c2ccccc21)NCCc1ccc(-n2cccn2)cc1. The number of hydrogen-bond acceptors (Lipinski definition) is 4. The Hall–Kier alpha value is -3.74. The summed E-state index contributed by atoms with van der Waals surface area (Å²) in [6, 6.07) is 17.1. The standard InChI is InChI=1S/C21H19N5O2/c27-20-14-24-26(19-5-2-1-4-18(19)20)15-21(28)22-12-10-16-6-8-17(9-7-16)25-13-3-11-23-25/h1-9,11,13-14H,10,12,15H2,(H,22,28). The minimum atomic E-state index is -0.147. The summed E-state index contributed by atoms with van der Waals surface area (Å²) in [5.74, 6) is -0.144. The highest BCUT2D eigenvalue weighted by atomic mass is 16.2. The molecule has 140 valence electrons. The van der Waals surface area contributed by atoms with Gasteiger partial charge < -0.3 is 5.32 Å². The maximum absolute atomic E-state index is 12.3. The van der Waals surface area contributed by atoms with Crippen molar-refractivity contribution in [2.24, 2.45) is 0 Å². The molecule has 0 atom stereocenters. The predicted octanol–water partition coefficient (Wildman–Crippen LogP) is 1.94. The van der Waals surface area contributed by atoms with E-state index in [-0.39, 0.29) is 17.9 Å². The predicted molar refractivity (Wildman–Crippen MR) is 106 cm³/mol. The average Bonchev–Trinajstić information content (AvgIpc) is 3.26. The van der Waals surface area contributed by atoms with Gasteiger partial charge in [0.15, 0.2) is 0 Å². The van der Waals surface area contributed by atoms with E-state index in [2.05, 4.69) is 15.5 Å². The third-order valence-electron chi connectivity index (χ3n) is 4.50. The van der Waals surface area contributed by atoms with Gasteiger partial charge >= 0.3 is 0 Å². The summed E-state index contributed by atoms with van der Waals surface area (Å²) < 4.78 is 3.35. The molecule has 2 aromatic heterocycles. The summed E-state index contributed by atoms with van der Waals surface area (Å²) in [5, 5.41) is 11.7. The molecule has 1 N–H and O–H groups in total. The van der Waals surface area contributed by atoms with E-state index in [9.17, 15) is 9.59 Å². The number of para-hydroxylation sites is 1. The van der Waals surface area contributed by atoms with Gasteiger partial charge in [0.05, 0.1) is 17.4 Å². The van der Waals surface area contributed by atoms with Gasteiger partial charge in [-0.25, -0.2) is 4.68 Å². The number of nitrogens with one attached hydrogen (secondary N) is 1. The van der Waals surface area contributed by atoms with E-state index in [0.717, 1.165) is 17.7 Å². The molecule has 0 aliphatic carbocycles. The number of hydrogen-bond donors (Lipinski definition) is 1. The fourth-order valence-electron chi connectivity index (χ4n) is 3.06. The summed E-state index contributed by atoms with van der Waals surface area (Å²) in [6.45, 7) is 0.594. The molecule has 7 nitrogen and oxygen atoms in total. The number of aromatic nitrogens is 4. The molecule has 0 spiro atoms. The first-order valence-electron chi connectivity index (χ1n) is 9.01. The molecule has 0 unspecified atom stereocenters. The van der Waals surface area contributed by atoms with E-state index in [1.54, 1.807) is 33.8 Å². The van der Waals surface area contributed by atoms with Crippen LogP contribution >= 0.6 is 0 Å². The van der Waals surface area contributed by atoms with Gasteiger partial charge in [-0.15, -0.1) is 0 Å². The quantitative estimate of drug-likeness (QED) is 0.560. The summed E-state index contributed by atoms with van der Waals surface area (Å²) in [7, 11) is 0. The Morgan fingerprint density at radius 1 is 1.00 bits per heavy atom. The van der Waals surface area contributed by atoms with Crippen molar-refractivity contribution >= 4 is 16.8 Å². The van der Waals surface area contributed by atoms with Crippen molar-refractivity contribution < 1.29 is 4.79 Å². The van der Waals surface area contributed by atoms with E-state index in [0.29, 0.717) is 17.4 Å². The highest BCUT2D eigenvalue weighted by Gasteiger charge is 2.07. The molecule has 0 saturated carbocycles. The molecule has 0 saturated heterocycles. The fraction of sp³-hybridized carbons (Fsp3) is 0.143. The van der Waals surface area contributed by atoms with Crippen LogP contribution in [0.3, 0.4) is 0 Å². The minimum Gasteiger partial charge on any atom is -0.354 e. The lowest BCUT2D eigenvalue weighted by Gasteiger charge is -2.10. The van der Waals surface area contributed by atoms with Gasteiger partial charge in [0.1, 0.15) is 6.54 Å². The molecule has 7 heteroatoms. The van der Waals surface area contributed by atoms with Crippen LogP contribution < -0.4 is 10.7 Å². The normalized spacial score (nSPS) is 10.9. The molecular formula is C21H19N5O2. The van der Waals surface area contributed by atoms with Crippen molar-refractivity contribution in [1.82, 2.24) is 24.9 Å². The lowest BCUT2D eigenvalue weighted by atomic mass is 10.1. The lowest BCUT2D eigenvalue weighted by Crippen LogP contribution is -2.30. The molecule has 28 heavy (non-hydrogen) atoms. The molecule has 0 aliphatic rings. The van der Waals surface area contributed by atoms with Crippen molar-refractivity contribution in [2.45, 2.75) is 13.0 Å². The fourth-order valence-corrected chi connectivity index (χ4v) is 3.06. The van der Waals surface area contributed by atoms with E-state index >= 15 is 0 Å². The van der Waals surface area contributed by atoms with E-state index in [1.807, 2.05) is 42.6 Å². The summed E-state index contributed by atoms with van der Waals surface area (Å²) in [4.78, 5) is 24.1. The van der Waals surface area contributed by atoms with Crippen molar-refractivity contribution in [3.8, 4) is 5.69 Å². The molecule has 2 aromatic carbocycles. The van der Waals surface area contributed by atoms with Crippen LogP contribution in [0.4, 0.5) is 0 Å².